The molecule has 0 saturated carbocycles. The molecule has 1 aliphatic rings. The Balaban J connectivity index is 1.75. The summed E-state index contributed by atoms with van der Waals surface area (Å²) in [5, 5.41) is 17.9. The first-order valence-corrected chi connectivity index (χ1v) is 12.1. The van der Waals surface area contributed by atoms with Gasteiger partial charge < -0.3 is 24.2 Å². The predicted molar refractivity (Wildman–Crippen MR) is 133 cm³/mol. The molecule has 8 heteroatoms. The van der Waals surface area contributed by atoms with Gasteiger partial charge in [0.15, 0.2) is 11.5 Å². The fourth-order valence-electron chi connectivity index (χ4n) is 4.54. The molecule has 1 aliphatic heterocycles. The van der Waals surface area contributed by atoms with Gasteiger partial charge in [-0.25, -0.2) is 0 Å². The molecular weight excluding hydrogens is 446 g/mol. The molecular formula is C27H33N3O5. The van der Waals surface area contributed by atoms with Gasteiger partial charge in [-0.05, 0) is 42.7 Å². The lowest BCUT2D eigenvalue weighted by Crippen LogP contribution is -2.31. The number of nitrogens with zero attached hydrogens (tertiary/aromatic N) is 2. The fourth-order valence-corrected chi connectivity index (χ4v) is 4.54. The number of carbonyl (C=O) groups is 1. The summed E-state index contributed by atoms with van der Waals surface area (Å²) < 4.78 is 16.8. The van der Waals surface area contributed by atoms with Crippen molar-refractivity contribution in [1.82, 2.24) is 15.1 Å². The van der Waals surface area contributed by atoms with Gasteiger partial charge in [0.1, 0.15) is 17.1 Å². The maximum Gasteiger partial charge on any atom is 0.273 e. The third-order valence-electron chi connectivity index (χ3n) is 6.28. The first-order valence-electron chi connectivity index (χ1n) is 12.1. The van der Waals surface area contributed by atoms with Crippen LogP contribution >= 0.6 is 0 Å². The van der Waals surface area contributed by atoms with Crippen LogP contribution in [0.15, 0.2) is 42.5 Å². The molecule has 0 radical (unpaired) electrons. The van der Waals surface area contributed by atoms with Crippen molar-refractivity contribution in [2.24, 2.45) is 0 Å². The van der Waals surface area contributed by atoms with E-state index in [-0.39, 0.29) is 11.7 Å². The van der Waals surface area contributed by atoms with E-state index in [0.29, 0.717) is 54.6 Å². The van der Waals surface area contributed by atoms with Crippen molar-refractivity contribution in [2.75, 3.05) is 34.0 Å². The summed E-state index contributed by atoms with van der Waals surface area (Å²) in [6.07, 6.45) is 3.91. The molecule has 186 valence electrons. The summed E-state index contributed by atoms with van der Waals surface area (Å²) in [5.74, 6) is 1.27. The number of ether oxygens (including phenoxy) is 3. The van der Waals surface area contributed by atoms with Gasteiger partial charge in [-0.2, -0.15) is 5.10 Å². The fraction of sp³-hybridized carbons (Fsp3) is 0.407. The van der Waals surface area contributed by atoms with Crippen LogP contribution in [0.25, 0.3) is 11.3 Å². The number of aromatic amines is 1. The second kappa shape index (κ2) is 11.3. The number of aromatic nitrogens is 2. The second-order valence-corrected chi connectivity index (χ2v) is 8.59. The quantitative estimate of drug-likeness (QED) is 0.357. The van der Waals surface area contributed by atoms with Crippen LogP contribution in [0.3, 0.4) is 0 Å². The summed E-state index contributed by atoms with van der Waals surface area (Å²) in [5.41, 5.74) is 3.19. The van der Waals surface area contributed by atoms with Crippen LogP contribution in [-0.2, 0) is 4.74 Å². The van der Waals surface area contributed by atoms with E-state index in [1.165, 1.54) is 0 Å². The Hall–Kier alpha value is -3.52. The molecule has 2 N–H and O–H groups in total. The average Bonchev–Trinajstić information content (AvgIpc) is 3.41. The lowest BCUT2D eigenvalue weighted by atomic mass is 9.95. The van der Waals surface area contributed by atoms with E-state index in [0.717, 1.165) is 30.4 Å². The van der Waals surface area contributed by atoms with Crippen LogP contribution in [0.4, 0.5) is 0 Å². The number of carbonyl (C=O) groups excluding carboxylic acids is 1. The van der Waals surface area contributed by atoms with Gasteiger partial charge in [0, 0.05) is 31.4 Å². The highest BCUT2D eigenvalue weighted by Crippen LogP contribution is 2.45. The molecule has 1 amide bonds. The number of hydrogen-bond acceptors (Lipinski definition) is 6. The normalized spacial score (nSPS) is 14.9. The van der Waals surface area contributed by atoms with Gasteiger partial charge in [0.2, 0.25) is 0 Å². The van der Waals surface area contributed by atoms with E-state index in [1.54, 1.807) is 32.4 Å². The number of fused-ring (bicyclic) bond motifs is 1. The van der Waals surface area contributed by atoms with Crippen LogP contribution in [-0.4, -0.2) is 60.1 Å². The van der Waals surface area contributed by atoms with E-state index in [1.807, 2.05) is 29.2 Å². The number of methoxy groups -OCH3 is 2. The minimum absolute atomic E-state index is 0.110. The number of hydrogen-bond donors (Lipinski definition) is 2. The van der Waals surface area contributed by atoms with Gasteiger partial charge >= 0.3 is 0 Å². The molecule has 1 aromatic heterocycles. The summed E-state index contributed by atoms with van der Waals surface area (Å²) in [4.78, 5) is 15.2. The second-order valence-electron chi connectivity index (χ2n) is 8.59. The minimum atomic E-state index is -0.397. The van der Waals surface area contributed by atoms with E-state index < -0.39 is 6.04 Å². The van der Waals surface area contributed by atoms with Crippen molar-refractivity contribution < 1.29 is 24.1 Å². The Morgan fingerprint density at radius 3 is 2.63 bits per heavy atom. The topological polar surface area (TPSA) is 96.9 Å². The van der Waals surface area contributed by atoms with Crippen LogP contribution in [0.5, 0.6) is 17.2 Å². The number of unbranched alkanes of at least 4 members (excludes halogenated alkanes) is 2. The maximum absolute atomic E-state index is 13.4. The van der Waals surface area contributed by atoms with E-state index in [2.05, 4.69) is 17.1 Å². The van der Waals surface area contributed by atoms with Crippen LogP contribution in [0, 0.1) is 0 Å². The standard InChI is InChI=1S/C27H33N3O5/c1-4-5-8-16-35-21-13-12-18(17-22(21)34-3)26-23-24(19-10-6-7-11-20(19)31)28-29-25(23)27(32)30(26)14-9-15-33-2/h6-7,10-13,17,26,31H,4-5,8-9,14-16H2,1-3H3,(H,28,29). The van der Waals surface area contributed by atoms with Crippen molar-refractivity contribution in [3.05, 3.63) is 59.3 Å². The number of nitrogens with one attached hydrogen (secondary N) is 1. The molecule has 2 aromatic carbocycles. The molecule has 0 spiro atoms. The summed E-state index contributed by atoms with van der Waals surface area (Å²) in [6, 6.07) is 12.4. The number of aromatic hydroxyl groups is 1. The summed E-state index contributed by atoms with van der Waals surface area (Å²) in [7, 11) is 3.26. The number of benzene rings is 2. The Kier molecular flexibility index (Phi) is 7.92. The lowest BCUT2D eigenvalue weighted by molar-refractivity contribution is 0.0723. The predicted octanol–water partition coefficient (Wildman–Crippen LogP) is 4.94. The number of phenolic OH excluding ortho intramolecular Hbond substituents is 1. The van der Waals surface area contributed by atoms with Crippen molar-refractivity contribution in [3.63, 3.8) is 0 Å². The van der Waals surface area contributed by atoms with Crippen molar-refractivity contribution >= 4 is 5.91 Å². The molecule has 0 aliphatic carbocycles. The number of rotatable bonds is 12. The van der Waals surface area contributed by atoms with Crippen LogP contribution < -0.4 is 9.47 Å². The Labute approximate surface area is 205 Å². The third kappa shape index (κ3) is 4.98. The third-order valence-corrected chi connectivity index (χ3v) is 6.28. The molecule has 0 fully saturated rings. The number of H-pyrrole nitrogens is 1. The van der Waals surface area contributed by atoms with E-state index in [4.69, 9.17) is 14.2 Å². The highest BCUT2D eigenvalue weighted by atomic mass is 16.5. The zero-order valence-corrected chi connectivity index (χ0v) is 20.5. The molecule has 0 saturated heterocycles. The van der Waals surface area contributed by atoms with Crippen molar-refractivity contribution in [2.45, 2.75) is 38.6 Å². The highest BCUT2D eigenvalue weighted by molar-refractivity contribution is 6.00. The van der Waals surface area contributed by atoms with Gasteiger partial charge in [-0.3, -0.25) is 9.89 Å². The number of amides is 1. The molecule has 4 rings (SSSR count). The van der Waals surface area contributed by atoms with Crippen LogP contribution in [0.1, 0.15) is 60.3 Å². The summed E-state index contributed by atoms with van der Waals surface area (Å²) >= 11 is 0. The van der Waals surface area contributed by atoms with Crippen molar-refractivity contribution in [3.8, 4) is 28.5 Å². The zero-order valence-electron chi connectivity index (χ0n) is 20.5. The smallest absolute Gasteiger partial charge is 0.273 e. The van der Waals surface area contributed by atoms with Gasteiger partial charge in [-0.15, -0.1) is 0 Å². The molecule has 1 unspecified atom stereocenters. The summed E-state index contributed by atoms with van der Waals surface area (Å²) in [6.45, 7) is 3.84. The largest absolute Gasteiger partial charge is 0.507 e. The average molecular weight is 480 g/mol. The minimum Gasteiger partial charge on any atom is -0.507 e. The van der Waals surface area contributed by atoms with Crippen molar-refractivity contribution in [1.29, 1.82) is 0 Å². The SMILES string of the molecule is CCCCCOc1ccc(C2c3c(-c4ccccc4O)n[nH]c3C(=O)N2CCCOC)cc1OC. The zero-order chi connectivity index (χ0) is 24.8. The molecule has 3 aromatic rings. The monoisotopic (exact) mass is 479 g/mol. The first kappa shape index (κ1) is 24.6. The molecule has 8 nitrogen and oxygen atoms in total. The Morgan fingerprint density at radius 2 is 1.89 bits per heavy atom. The van der Waals surface area contributed by atoms with Gasteiger partial charge in [-0.1, -0.05) is 38.0 Å². The van der Waals surface area contributed by atoms with Gasteiger partial charge in [0.25, 0.3) is 5.91 Å². The van der Waals surface area contributed by atoms with Gasteiger partial charge in [0.05, 0.1) is 19.8 Å². The lowest BCUT2D eigenvalue weighted by Gasteiger charge is -2.27. The van der Waals surface area contributed by atoms with E-state index in [9.17, 15) is 9.90 Å². The first-order chi connectivity index (χ1) is 17.1. The number of phenols is 1. The molecule has 35 heavy (non-hydrogen) atoms. The highest BCUT2D eigenvalue weighted by Gasteiger charge is 2.42. The van der Waals surface area contributed by atoms with Crippen LogP contribution in [0.2, 0.25) is 0 Å². The molecule has 0 bridgehead atoms. The molecule has 1 atom stereocenters. The van der Waals surface area contributed by atoms with E-state index >= 15 is 0 Å². The maximum atomic E-state index is 13.4. The molecule has 2 heterocycles. The Morgan fingerprint density at radius 1 is 1.06 bits per heavy atom. The Bertz CT molecular complexity index is 1160. The number of para-hydroxylation sites is 1.